The van der Waals surface area contributed by atoms with Crippen molar-refractivity contribution in [3.05, 3.63) is 21.4 Å². The second-order valence-corrected chi connectivity index (χ2v) is 10.8. The third-order valence-corrected chi connectivity index (χ3v) is 8.13. The Morgan fingerprint density at radius 2 is 1.84 bits per heavy atom. The molecule has 0 aromatic carbocycles. The van der Waals surface area contributed by atoms with Crippen LogP contribution in [0.25, 0.3) is 11.2 Å². The highest BCUT2D eigenvalue weighted by Gasteiger charge is 2.46. The van der Waals surface area contributed by atoms with Crippen molar-refractivity contribution in [1.29, 1.82) is 0 Å². The van der Waals surface area contributed by atoms with Crippen molar-refractivity contribution in [2.75, 3.05) is 13.2 Å². The minimum atomic E-state index is -5.10. The maximum atomic E-state index is 13.0. The number of phosphoric acid groups is 2. The van der Waals surface area contributed by atoms with E-state index >= 15 is 0 Å². The van der Waals surface area contributed by atoms with Crippen LogP contribution in [0.4, 0.5) is 0 Å². The molecule has 178 valence electrons. The van der Waals surface area contributed by atoms with Crippen molar-refractivity contribution in [3.63, 3.8) is 0 Å². The molecule has 0 spiro atoms. The highest BCUT2D eigenvalue weighted by Crippen LogP contribution is 2.60. The zero-order valence-electron chi connectivity index (χ0n) is 16.1. The molecule has 2 aromatic heterocycles. The number of hydrogen-bond acceptors (Lipinski definition) is 11. The predicted molar refractivity (Wildman–Crippen MR) is 107 cm³/mol. The molecule has 18 heteroatoms. The fourth-order valence-electron chi connectivity index (χ4n) is 3.36. The van der Waals surface area contributed by atoms with Crippen LogP contribution in [0.2, 0.25) is 0 Å². The lowest BCUT2D eigenvalue weighted by molar-refractivity contribution is -0.0539. The number of aromatic nitrogens is 4. The second-order valence-electron chi connectivity index (χ2n) is 7.06. The summed E-state index contributed by atoms with van der Waals surface area (Å²) < 4.78 is 45.8. The van der Waals surface area contributed by atoms with Gasteiger partial charge in [-0.1, -0.05) is 0 Å². The Kier molecular flexibility index (Phi) is 6.75. The number of hydrogen-bond donors (Lipinski definition) is 4. The number of fused-ring (bicyclic) bond motifs is 10. The standard InChI is InChI=1S/C14H19BrN4O11P2/c15-14-17-8-11-16-6-19(12(8)22)13-10(21)9(20)7(29-13)5-28-32(25,26)30-31(23,24)27-4-2-1-3-18(11)14/h6-7,9-10,13,20-21H,1-5H2,(H,23,24)(H,25,26)/t7-,9-,10-,13-/m1/s1. The average Bonchev–Trinajstić information content (AvgIpc) is 3.16. The Labute approximate surface area is 187 Å². The number of nitrogens with zero attached hydrogens (tertiary/aromatic N) is 4. The van der Waals surface area contributed by atoms with E-state index in [4.69, 9.17) is 4.74 Å². The molecule has 0 radical (unpaired) electrons. The molecule has 5 heterocycles. The zero-order chi connectivity index (χ0) is 23.3. The Morgan fingerprint density at radius 3 is 2.59 bits per heavy atom. The van der Waals surface area contributed by atoms with Gasteiger partial charge >= 0.3 is 15.6 Å². The van der Waals surface area contributed by atoms with Gasteiger partial charge in [-0.15, -0.1) is 0 Å². The van der Waals surface area contributed by atoms with Crippen molar-refractivity contribution in [3.8, 4) is 0 Å². The number of aryl methyl sites for hydroxylation is 1. The molecule has 15 nitrogen and oxygen atoms in total. The van der Waals surface area contributed by atoms with E-state index in [1.54, 1.807) is 4.57 Å². The summed E-state index contributed by atoms with van der Waals surface area (Å²) in [4.78, 5) is 40.7. The van der Waals surface area contributed by atoms with Crippen LogP contribution in [-0.4, -0.2) is 70.6 Å². The molecular formula is C14H19BrN4O11P2. The van der Waals surface area contributed by atoms with Crippen LogP contribution in [0.15, 0.2) is 15.9 Å². The monoisotopic (exact) mass is 560 g/mol. The van der Waals surface area contributed by atoms with Gasteiger partial charge in [0, 0.05) is 6.54 Å². The molecule has 2 unspecified atom stereocenters. The van der Waals surface area contributed by atoms with Gasteiger partial charge in [-0.3, -0.25) is 18.4 Å². The molecule has 3 aliphatic heterocycles. The summed E-state index contributed by atoms with van der Waals surface area (Å²) >= 11 is 3.26. The summed E-state index contributed by atoms with van der Waals surface area (Å²) in [6.45, 7) is -0.790. The lowest BCUT2D eigenvalue weighted by Gasteiger charge is -2.19. The third kappa shape index (κ3) is 4.76. The highest BCUT2D eigenvalue weighted by atomic mass is 79.9. The van der Waals surface area contributed by atoms with Gasteiger partial charge < -0.3 is 29.3 Å². The fourth-order valence-corrected chi connectivity index (χ4v) is 5.99. The zero-order valence-corrected chi connectivity index (χ0v) is 19.5. The molecule has 4 N–H and O–H groups in total. The number of halogens is 1. The molecule has 0 amide bonds. The van der Waals surface area contributed by atoms with E-state index in [0.29, 0.717) is 17.7 Å². The molecule has 2 aromatic rings. The first-order valence-electron chi connectivity index (χ1n) is 9.29. The summed E-state index contributed by atoms with van der Waals surface area (Å²) in [5.41, 5.74) is -0.408. The Bertz CT molecular complexity index is 1170. The van der Waals surface area contributed by atoms with Gasteiger partial charge in [0.2, 0.25) is 0 Å². The molecule has 3 aliphatic rings. The first-order chi connectivity index (χ1) is 15.0. The van der Waals surface area contributed by atoms with Crippen LogP contribution in [0, 0.1) is 0 Å². The van der Waals surface area contributed by atoms with Gasteiger partial charge in [0.15, 0.2) is 22.1 Å². The van der Waals surface area contributed by atoms with Gasteiger partial charge in [0.1, 0.15) is 24.6 Å². The van der Waals surface area contributed by atoms with Crippen molar-refractivity contribution in [2.24, 2.45) is 0 Å². The lowest BCUT2D eigenvalue weighted by atomic mass is 10.1. The minimum Gasteiger partial charge on any atom is -0.387 e. The molecule has 6 bridgehead atoms. The van der Waals surface area contributed by atoms with Gasteiger partial charge in [-0.05, 0) is 28.8 Å². The molecule has 32 heavy (non-hydrogen) atoms. The van der Waals surface area contributed by atoms with Crippen molar-refractivity contribution >= 4 is 42.7 Å². The fraction of sp³-hybridized carbons (Fsp3) is 0.643. The summed E-state index contributed by atoms with van der Waals surface area (Å²) in [6, 6.07) is 0. The van der Waals surface area contributed by atoms with E-state index in [9.17, 15) is 33.9 Å². The van der Waals surface area contributed by atoms with Crippen LogP contribution in [0.1, 0.15) is 19.1 Å². The van der Waals surface area contributed by atoms with Crippen LogP contribution >= 0.6 is 31.6 Å². The topological polar surface area (TPSA) is 205 Å². The molecule has 5 rings (SSSR count). The number of rotatable bonds is 0. The lowest BCUT2D eigenvalue weighted by Crippen LogP contribution is -2.35. The number of phosphoric ester groups is 2. The summed E-state index contributed by atoms with van der Waals surface area (Å²) in [5.74, 6) is 0. The average molecular weight is 561 g/mol. The van der Waals surface area contributed by atoms with E-state index in [0.717, 1.165) is 10.9 Å². The number of imidazole rings is 1. The molecule has 6 atom stereocenters. The molecular weight excluding hydrogens is 542 g/mol. The van der Waals surface area contributed by atoms with Gasteiger partial charge in [-0.2, -0.15) is 4.31 Å². The van der Waals surface area contributed by atoms with Crippen LogP contribution in [-0.2, 0) is 33.8 Å². The van der Waals surface area contributed by atoms with Crippen molar-refractivity contribution in [2.45, 2.75) is 43.9 Å². The normalized spacial score (nSPS) is 37.0. The Hall–Kier alpha value is -1.03. The van der Waals surface area contributed by atoms with E-state index in [1.807, 2.05) is 0 Å². The third-order valence-electron chi connectivity index (χ3n) is 4.89. The first kappa shape index (κ1) is 24.1. The van der Waals surface area contributed by atoms with Crippen LogP contribution in [0.3, 0.4) is 0 Å². The summed E-state index contributed by atoms with van der Waals surface area (Å²) in [5, 5.41) is 20.6. The molecule has 0 aliphatic carbocycles. The van der Waals surface area contributed by atoms with Crippen LogP contribution in [0.5, 0.6) is 0 Å². The van der Waals surface area contributed by atoms with Crippen molar-refractivity contribution in [1.82, 2.24) is 19.1 Å². The van der Waals surface area contributed by atoms with E-state index < -0.39 is 52.4 Å². The smallest absolute Gasteiger partial charge is 0.387 e. The van der Waals surface area contributed by atoms with Crippen molar-refractivity contribution < 1.29 is 47.2 Å². The highest BCUT2D eigenvalue weighted by molar-refractivity contribution is 9.10. The van der Waals surface area contributed by atoms with Gasteiger partial charge in [0.25, 0.3) is 5.56 Å². The molecule has 1 fully saturated rings. The Balaban J connectivity index is 1.72. The Morgan fingerprint density at radius 1 is 1.12 bits per heavy atom. The number of ether oxygens (including phenoxy) is 1. The largest absolute Gasteiger partial charge is 0.481 e. The minimum absolute atomic E-state index is 0.0187. The number of aliphatic hydroxyl groups is 2. The van der Waals surface area contributed by atoms with Crippen LogP contribution < -0.4 is 5.56 Å². The summed E-state index contributed by atoms with van der Waals surface area (Å²) in [7, 11) is -10.0. The predicted octanol–water partition coefficient (Wildman–Crippen LogP) is 0.0191. The maximum Gasteiger partial charge on any atom is 0.481 e. The SMILES string of the molecule is O=c1c2nc(Br)n3c2ncn1[C@@H]1O[C@H](COP(=O)(O)OP(=O)(O)OCCCC3)[C@@H](O)[C@H]1O. The first-order valence-corrected chi connectivity index (χ1v) is 13.1. The maximum absolute atomic E-state index is 13.0. The molecule has 0 saturated carbocycles. The number of aliphatic hydroxyl groups excluding tert-OH is 2. The quantitative estimate of drug-likeness (QED) is 0.248. The van der Waals surface area contributed by atoms with E-state index in [-0.39, 0.29) is 24.2 Å². The van der Waals surface area contributed by atoms with E-state index in [2.05, 4.69) is 39.3 Å². The summed E-state index contributed by atoms with van der Waals surface area (Å²) in [6.07, 6.45) is -4.26. The van der Waals surface area contributed by atoms with Gasteiger partial charge in [0.05, 0.1) is 13.2 Å². The second kappa shape index (κ2) is 8.96. The van der Waals surface area contributed by atoms with E-state index in [1.165, 1.54) is 0 Å². The van der Waals surface area contributed by atoms with Gasteiger partial charge in [-0.25, -0.2) is 19.1 Å². The molecule has 1 saturated heterocycles.